The van der Waals surface area contributed by atoms with Crippen molar-refractivity contribution in [3.05, 3.63) is 24.3 Å². The van der Waals surface area contributed by atoms with Crippen molar-refractivity contribution in [3.8, 4) is 0 Å². The largest absolute Gasteiger partial charge is 0.349 e. The van der Waals surface area contributed by atoms with Crippen LogP contribution in [-0.2, 0) is 10.2 Å². The fourth-order valence-electron chi connectivity index (χ4n) is 0.992. The molecule has 8 nitrogen and oxygen atoms in total. The molecule has 1 rings (SSSR count). The van der Waals surface area contributed by atoms with E-state index in [1.165, 1.54) is 32.7 Å². The minimum absolute atomic E-state index is 0.104. The fraction of sp³-hybridized carbons (Fsp3) is 0.444. The summed E-state index contributed by atoms with van der Waals surface area (Å²) >= 11 is 0. The smallest absolute Gasteiger partial charge is 0.278 e. The summed E-state index contributed by atoms with van der Waals surface area (Å²) in [5.41, 5.74) is 0.188. The lowest BCUT2D eigenvalue weighted by Gasteiger charge is -2.12. The molecule has 0 aliphatic rings. The van der Waals surface area contributed by atoms with Crippen LogP contribution in [0.2, 0.25) is 0 Å². The van der Waals surface area contributed by atoms with Gasteiger partial charge in [-0.2, -0.15) is 12.7 Å². The maximum atomic E-state index is 11.5. The molecule has 1 heterocycles. The Hall–Kier alpha value is -1.58. The monoisotopic (exact) mass is 273 g/mol. The van der Waals surface area contributed by atoms with E-state index in [0.29, 0.717) is 0 Å². The fourth-order valence-corrected chi connectivity index (χ4v) is 1.61. The lowest BCUT2D eigenvalue weighted by Crippen LogP contribution is -2.40. The molecule has 1 amide bonds. The van der Waals surface area contributed by atoms with Crippen LogP contribution in [0.4, 0.5) is 0 Å². The number of nitrogens with one attached hydrogen (secondary N) is 2. The topological polar surface area (TPSA) is 104 Å². The number of amides is 1. The summed E-state index contributed by atoms with van der Waals surface area (Å²) in [5, 5.41) is 2.52. The van der Waals surface area contributed by atoms with Gasteiger partial charge >= 0.3 is 0 Å². The Morgan fingerprint density at radius 2 is 2.06 bits per heavy atom. The number of rotatable bonds is 6. The summed E-state index contributed by atoms with van der Waals surface area (Å²) in [7, 11) is -0.622. The van der Waals surface area contributed by atoms with Gasteiger partial charge in [0.1, 0.15) is 5.69 Å². The second kappa shape index (κ2) is 6.38. The molecule has 0 radical (unpaired) electrons. The zero-order valence-electron chi connectivity index (χ0n) is 10.1. The van der Waals surface area contributed by atoms with Crippen molar-refractivity contribution in [2.45, 2.75) is 0 Å². The van der Waals surface area contributed by atoms with Crippen LogP contribution in [0.1, 0.15) is 10.5 Å². The van der Waals surface area contributed by atoms with Gasteiger partial charge in [0.05, 0.1) is 6.20 Å². The first-order valence-corrected chi connectivity index (χ1v) is 6.59. The summed E-state index contributed by atoms with van der Waals surface area (Å²) in [4.78, 5) is 19.1. The quantitative estimate of drug-likeness (QED) is 0.620. The second-order valence-electron chi connectivity index (χ2n) is 3.53. The second-order valence-corrected chi connectivity index (χ2v) is 5.50. The van der Waals surface area contributed by atoms with Crippen molar-refractivity contribution in [3.63, 3.8) is 0 Å². The van der Waals surface area contributed by atoms with Crippen molar-refractivity contribution in [2.75, 3.05) is 27.2 Å². The average molecular weight is 273 g/mol. The highest BCUT2D eigenvalue weighted by molar-refractivity contribution is 7.87. The lowest BCUT2D eigenvalue weighted by atomic mass is 10.4. The summed E-state index contributed by atoms with van der Waals surface area (Å²) in [6.07, 6.45) is 4.20. The highest BCUT2D eigenvalue weighted by atomic mass is 32.2. The first kappa shape index (κ1) is 14.5. The first-order chi connectivity index (χ1) is 8.43. The standard InChI is InChI=1S/C9H15N5O3S/c1-14(2)18(16,17)13-6-5-12-9(15)8-7-10-3-4-11-8/h3-4,7,13H,5-6H2,1-2H3,(H,12,15). The van der Waals surface area contributed by atoms with Gasteiger partial charge in [-0.1, -0.05) is 0 Å². The van der Waals surface area contributed by atoms with Crippen LogP contribution in [0, 0.1) is 0 Å². The Balaban J connectivity index is 2.34. The zero-order chi connectivity index (χ0) is 13.6. The van der Waals surface area contributed by atoms with Crippen LogP contribution in [0.25, 0.3) is 0 Å². The molecule has 18 heavy (non-hydrogen) atoms. The molecule has 9 heteroatoms. The van der Waals surface area contributed by atoms with E-state index in [0.717, 1.165) is 4.31 Å². The highest BCUT2D eigenvalue weighted by Gasteiger charge is 2.12. The Labute approximate surface area is 106 Å². The molecule has 0 unspecified atom stereocenters. The third-order valence-electron chi connectivity index (χ3n) is 1.97. The van der Waals surface area contributed by atoms with Gasteiger partial charge < -0.3 is 5.32 Å². The average Bonchev–Trinajstić information content (AvgIpc) is 2.35. The molecular formula is C9H15N5O3S. The van der Waals surface area contributed by atoms with E-state index in [2.05, 4.69) is 20.0 Å². The molecule has 0 aromatic carbocycles. The molecule has 1 aromatic heterocycles. The molecule has 0 saturated carbocycles. The van der Waals surface area contributed by atoms with E-state index in [1.54, 1.807) is 0 Å². The molecule has 0 spiro atoms. The molecule has 2 N–H and O–H groups in total. The first-order valence-electron chi connectivity index (χ1n) is 5.15. The van der Waals surface area contributed by atoms with Gasteiger partial charge in [0, 0.05) is 39.6 Å². The molecule has 0 atom stereocenters. The molecule has 1 aromatic rings. The molecule has 100 valence electrons. The normalized spacial score (nSPS) is 11.5. The third kappa shape index (κ3) is 4.35. The zero-order valence-corrected chi connectivity index (χ0v) is 10.9. The summed E-state index contributed by atoms with van der Waals surface area (Å²) in [6, 6.07) is 0. The van der Waals surface area contributed by atoms with E-state index < -0.39 is 16.1 Å². The van der Waals surface area contributed by atoms with Gasteiger partial charge in [0.25, 0.3) is 16.1 Å². The number of nitrogens with zero attached hydrogens (tertiary/aromatic N) is 3. The van der Waals surface area contributed by atoms with E-state index in [9.17, 15) is 13.2 Å². The summed E-state index contributed by atoms with van der Waals surface area (Å²) < 4.78 is 26.0. The number of hydrogen-bond acceptors (Lipinski definition) is 5. The highest BCUT2D eigenvalue weighted by Crippen LogP contribution is 1.89. The van der Waals surface area contributed by atoms with Crippen molar-refractivity contribution >= 4 is 16.1 Å². The lowest BCUT2D eigenvalue weighted by molar-refractivity contribution is 0.0949. The van der Waals surface area contributed by atoms with E-state index in [-0.39, 0.29) is 18.8 Å². The molecule has 0 aliphatic carbocycles. The van der Waals surface area contributed by atoms with Crippen LogP contribution in [-0.4, -0.2) is 55.8 Å². The molecule has 0 aliphatic heterocycles. The molecule has 0 saturated heterocycles. The van der Waals surface area contributed by atoms with Gasteiger partial charge in [0.15, 0.2) is 0 Å². The molecule has 0 fully saturated rings. The van der Waals surface area contributed by atoms with Gasteiger partial charge in [-0.3, -0.25) is 9.78 Å². The Morgan fingerprint density at radius 1 is 1.33 bits per heavy atom. The van der Waals surface area contributed by atoms with Crippen molar-refractivity contribution in [2.24, 2.45) is 0 Å². The predicted octanol–water partition coefficient (Wildman–Crippen LogP) is -1.40. The van der Waals surface area contributed by atoms with Crippen molar-refractivity contribution < 1.29 is 13.2 Å². The number of carbonyl (C=O) groups excluding carboxylic acids is 1. The number of carbonyl (C=O) groups is 1. The minimum atomic E-state index is -3.46. The summed E-state index contributed by atoms with van der Waals surface area (Å²) in [6.45, 7) is 0.273. The Morgan fingerprint density at radius 3 is 2.61 bits per heavy atom. The van der Waals surface area contributed by atoms with Gasteiger partial charge in [0.2, 0.25) is 0 Å². The van der Waals surface area contributed by atoms with Crippen molar-refractivity contribution in [1.29, 1.82) is 0 Å². The van der Waals surface area contributed by atoms with Gasteiger partial charge in [-0.15, -0.1) is 0 Å². The van der Waals surface area contributed by atoms with E-state index in [4.69, 9.17) is 0 Å². The van der Waals surface area contributed by atoms with Crippen LogP contribution in [0.5, 0.6) is 0 Å². The Kier molecular flexibility index (Phi) is 5.13. The van der Waals surface area contributed by atoms with Crippen LogP contribution >= 0.6 is 0 Å². The van der Waals surface area contributed by atoms with Crippen LogP contribution in [0.15, 0.2) is 18.6 Å². The van der Waals surface area contributed by atoms with E-state index >= 15 is 0 Å². The number of hydrogen-bond donors (Lipinski definition) is 2. The van der Waals surface area contributed by atoms with Gasteiger partial charge in [-0.25, -0.2) is 9.71 Å². The minimum Gasteiger partial charge on any atom is -0.349 e. The van der Waals surface area contributed by atoms with Crippen molar-refractivity contribution in [1.82, 2.24) is 24.3 Å². The molecular weight excluding hydrogens is 258 g/mol. The SMILES string of the molecule is CN(C)S(=O)(=O)NCCNC(=O)c1cnccn1. The third-order valence-corrected chi connectivity index (χ3v) is 3.50. The number of aromatic nitrogens is 2. The van der Waals surface area contributed by atoms with Crippen LogP contribution in [0.3, 0.4) is 0 Å². The van der Waals surface area contributed by atoms with Crippen LogP contribution < -0.4 is 10.0 Å². The summed E-state index contributed by atoms with van der Waals surface area (Å²) in [5.74, 6) is -0.396. The maximum absolute atomic E-state index is 11.5. The van der Waals surface area contributed by atoms with Gasteiger partial charge in [-0.05, 0) is 0 Å². The Bertz CT molecular complexity index is 488. The predicted molar refractivity (Wildman–Crippen MR) is 65.0 cm³/mol. The maximum Gasteiger partial charge on any atom is 0.278 e. The van der Waals surface area contributed by atoms with E-state index in [1.807, 2.05) is 0 Å². The molecule has 0 bridgehead atoms.